The summed E-state index contributed by atoms with van der Waals surface area (Å²) in [5, 5.41) is 30.4. The predicted octanol–water partition coefficient (Wildman–Crippen LogP) is 7.14. The lowest BCUT2D eigenvalue weighted by Crippen LogP contribution is -2.36. The summed E-state index contributed by atoms with van der Waals surface area (Å²) in [4.78, 5) is 49.8. The maximum absolute atomic E-state index is 13.4. The van der Waals surface area contributed by atoms with Crippen LogP contribution in [0.25, 0.3) is 10.7 Å². The van der Waals surface area contributed by atoms with Gasteiger partial charge in [-0.1, -0.05) is 65.8 Å². The second-order valence-corrected chi connectivity index (χ2v) is 16.6. The third-order valence-corrected chi connectivity index (χ3v) is 11.9. The molecule has 0 fully saturated rings. The van der Waals surface area contributed by atoms with Gasteiger partial charge in [0.15, 0.2) is 11.0 Å². The minimum atomic E-state index is -4.99. The number of halogens is 4. The number of carbonyl (C=O) groups excluding carboxylic acids is 3. The fourth-order valence-electron chi connectivity index (χ4n) is 6.63. The molecule has 4 heterocycles. The highest BCUT2D eigenvalue weighted by Gasteiger charge is 2.34. The first-order chi connectivity index (χ1) is 29.6. The third kappa shape index (κ3) is 10.2. The number of aryl methyl sites for hydroxylation is 2. The van der Waals surface area contributed by atoms with E-state index in [9.17, 15) is 27.6 Å². The molecule has 20 heteroatoms. The third-order valence-electron chi connectivity index (χ3n) is 9.62. The molecule has 0 saturated carbocycles. The first kappa shape index (κ1) is 43.8. The molecule has 0 bridgehead atoms. The standard InChI is InChI=1S/C42H38ClF3N10O4S2/c1-22-23(2)62-40-36(22)37(25-12-14-26(43)15-13-25)51-32(38-55-54-24(3)56(38)40)19-34(57)48-16-17-49-35(58)21-61-41-52-30-10-6-4-8-28(30)31(53-41)18-27(47)20-50-39(59)29-9-5-7-11-33(29)60-42(44,45)46/h4-15,18,32,47H,16-17,19-21H2,1-3H3,(H,48,57)(H,49,58)(H,50,59)(H,52,53)/b31-18-,47-27?/t32-/m0/s1. The Morgan fingerprint density at radius 3 is 2.44 bits per heavy atom. The zero-order valence-electron chi connectivity index (χ0n) is 33.3. The molecule has 1 atom stereocenters. The average molecular weight is 903 g/mol. The number of ether oxygens (including phenoxy) is 1. The zero-order valence-corrected chi connectivity index (χ0v) is 35.7. The summed E-state index contributed by atoms with van der Waals surface area (Å²) >= 11 is 8.96. The van der Waals surface area contributed by atoms with Gasteiger partial charge in [0.2, 0.25) is 11.8 Å². The first-order valence-corrected chi connectivity index (χ1v) is 21.2. The number of amidine groups is 1. The van der Waals surface area contributed by atoms with Crippen LogP contribution in [-0.4, -0.2) is 80.8 Å². The van der Waals surface area contributed by atoms with Gasteiger partial charge in [-0.05, 0) is 62.7 Å². The van der Waals surface area contributed by atoms with Crippen LogP contribution in [0.1, 0.15) is 61.6 Å². The number of nitrogens with one attached hydrogen (secondary N) is 5. The molecule has 14 nitrogen and oxygen atoms in total. The topological polar surface area (TPSA) is 188 Å². The zero-order chi connectivity index (χ0) is 44.1. The molecule has 2 aliphatic rings. The van der Waals surface area contributed by atoms with Crippen molar-refractivity contribution >= 4 is 80.4 Å². The highest BCUT2D eigenvalue weighted by Crippen LogP contribution is 2.40. The van der Waals surface area contributed by atoms with Crippen molar-refractivity contribution in [2.45, 2.75) is 39.6 Å². The van der Waals surface area contributed by atoms with Gasteiger partial charge in [0, 0.05) is 39.7 Å². The number of carbonyl (C=O) groups is 3. The minimum Gasteiger partial charge on any atom is -0.405 e. The van der Waals surface area contributed by atoms with E-state index in [-0.39, 0.29) is 54.9 Å². The van der Waals surface area contributed by atoms with Gasteiger partial charge < -0.3 is 31.4 Å². The van der Waals surface area contributed by atoms with Gasteiger partial charge in [-0.15, -0.1) is 34.7 Å². The number of amides is 3. The van der Waals surface area contributed by atoms with Crippen LogP contribution in [0.3, 0.4) is 0 Å². The second kappa shape index (κ2) is 18.8. The molecular weight excluding hydrogens is 865 g/mol. The van der Waals surface area contributed by atoms with E-state index >= 15 is 0 Å². The molecule has 0 unspecified atom stereocenters. The summed E-state index contributed by atoms with van der Waals surface area (Å²) < 4.78 is 44.5. The fourth-order valence-corrected chi connectivity index (χ4v) is 8.69. The SMILES string of the molecule is Cc1sc2c(c1C)C(c1ccc(Cl)cc1)=N[C@@H](CC(=O)NCCNC(=O)CSC1=Nc3ccccc3/C(=C/C(=N)CNC(=O)c3ccccc3OC(F)(F)F)N1)c1nnc(C)n1-2. The number of rotatable bonds is 13. The normalized spacial score (nSPS) is 14.9. The Kier molecular flexibility index (Phi) is 13.2. The second-order valence-electron chi connectivity index (χ2n) is 14.0. The van der Waals surface area contributed by atoms with E-state index in [1.54, 1.807) is 47.7 Å². The van der Waals surface area contributed by atoms with Crippen molar-refractivity contribution < 1.29 is 32.3 Å². The van der Waals surface area contributed by atoms with Gasteiger partial charge in [0.25, 0.3) is 5.91 Å². The number of aromatic nitrogens is 3. The van der Waals surface area contributed by atoms with Gasteiger partial charge in [-0.3, -0.25) is 23.9 Å². The van der Waals surface area contributed by atoms with E-state index < -0.39 is 24.1 Å². The number of hydrogen-bond acceptors (Lipinski definition) is 12. The fraction of sp³-hybridized carbons (Fsp3) is 0.238. The highest BCUT2D eigenvalue weighted by molar-refractivity contribution is 8.14. The number of alkyl halides is 3. The van der Waals surface area contributed by atoms with Crippen LogP contribution in [0, 0.1) is 26.2 Å². The Morgan fingerprint density at radius 1 is 0.968 bits per heavy atom. The lowest BCUT2D eigenvalue weighted by Gasteiger charge is -2.20. The molecule has 62 heavy (non-hydrogen) atoms. The number of nitrogens with zero attached hydrogens (tertiary/aromatic N) is 5. The summed E-state index contributed by atoms with van der Waals surface area (Å²) in [6.45, 7) is 5.99. The molecule has 5 aromatic rings. The molecule has 3 amide bonds. The summed E-state index contributed by atoms with van der Waals surface area (Å²) in [6.07, 6.45) is -3.54. The van der Waals surface area contributed by atoms with Crippen LogP contribution in [0.15, 0.2) is 88.9 Å². The van der Waals surface area contributed by atoms with Gasteiger partial charge >= 0.3 is 6.36 Å². The van der Waals surface area contributed by atoms with Gasteiger partial charge in [0.1, 0.15) is 22.6 Å². The number of aliphatic imine (C=N–C) groups is 2. The van der Waals surface area contributed by atoms with Crippen LogP contribution >= 0.6 is 34.7 Å². The summed E-state index contributed by atoms with van der Waals surface area (Å²) in [6, 6.07) is 18.8. The van der Waals surface area contributed by atoms with Crippen molar-refractivity contribution in [1.82, 2.24) is 36.0 Å². The Hall–Kier alpha value is -6.31. The molecular formula is C42H38ClF3N10O4S2. The van der Waals surface area contributed by atoms with E-state index in [0.29, 0.717) is 38.8 Å². The highest BCUT2D eigenvalue weighted by atomic mass is 35.5. The molecule has 320 valence electrons. The van der Waals surface area contributed by atoms with Crippen molar-refractivity contribution in [2.24, 2.45) is 9.98 Å². The molecule has 7 rings (SSSR count). The average Bonchev–Trinajstić information content (AvgIpc) is 3.72. The van der Waals surface area contributed by atoms with Crippen molar-refractivity contribution in [3.8, 4) is 10.8 Å². The Balaban J connectivity index is 0.925. The van der Waals surface area contributed by atoms with E-state index in [4.69, 9.17) is 22.0 Å². The Labute approximate surface area is 366 Å². The van der Waals surface area contributed by atoms with Crippen molar-refractivity contribution in [3.63, 3.8) is 0 Å². The molecule has 5 N–H and O–H groups in total. The summed E-state index contributed by atoms with van der Waals surface area (Å²) in [5.74, 6) is -0.904. The maximum atomic E-state index is 13.4. The smallest absolute Gasteiger partial charge is 0.405 e. The number of para-hydroxylation sites is 2. The molecule has 0 radical (unpaired) electrons. The lowest BCUT2D eigenvalue weighted by molar-refractivity contribution is -0.274. The van der Waals surface area contributed by atoms with Gasteiger partial charge in [-0.2, -0.15) is 0 Å². The molecule has 0 aliphatic carbocycles. The minimum absolute atomic E-state index is 0.0104. The van der Waals surface area contributed by atoms with Gasteiger partial charge in [0.05, 0.1) is 47.1 Å². The van der Waals surface area contributed by atoms with Crippen molar-refractivity contribution in [1.29, 1.82) is 5.41 Å². The molecule has 0 spiro atoms. The van der Waals surface area contributed by atoms with E-state index in [1.807, 2.05) is 23.6 Å². The summed E-state index contributed by atoms with van der Waals surface area (Å²) in [7, 11) is 0. The van der Waals surface area contributed by atoms with E-state index in [0.717, 1.165) is 50.1 Å². The van der Waals surface area contributed by atoms with Crippen LogP contribution in [-0.2, 0) is 9.59 Å². The number of hydrogen-bond donors (Lipinski definition) is 5. The van der Waals surface area contributed by atoms with E-state index in [1.165, 1.54) is 24.3 Å². The molecule has 2 aliphatic heterocycles. The van der Waals surface area contributed by atoms with Crippen LogP contribution in [0.5, 0.6) is 5.75 Å². The Morgan fingerprint density at radius 2 is 1.68 bits per heavy atom. The van der Waals surface area contributed by atoms with Crippen LogP contribution < -0.4 is 26.0 Å². The van der Waals surface area contributed by atoms with Crippen molar-refractivity contribution in [2.75, 3.05) is 25.4 Å². The predicted molar refractivity (Wildman–Crippen MR) is 234 cm³/mol. The number of fused-ring (bicyclic) bond motifs is 4. The number of thiophene rings is 1. The molecule has 3 aromatic carbocycles. The quantitative estimate of drug-likeness (QED) is 0.0610. The van der Waals surface area contributed by atoms with Crippen molar-refractivity contribution in [3.05, 3.63) is 128 Å². The Bertz CT molecular complexity index is 2660. The van der Waals surface area contributed by atoms with Crippen LogP contribution in [0.4, 0.5) is 18.9 Å². The maximum Gasteiger partial charge on any atom is 0.573 e. The number of benzene rings is 3. The van der Waals surface area contributed by atoms with Gasteiger partial charge in [-0.25, -0.2) is 4.99 Å². The van der Waals surface area contributed by atoms with E-state index in [2.05, 4.69) is 55.0 Å². The lowest BCUT2D eigenvalue weighted by atomic mass is 9.99. The molecule has 0 saturated heterocycles. The molecule has 2 aromatic heterocycles. The monoisotopic (exact) mass is 902 g/mol. The number of thioether (sulfide) groups is 1. The summed E-state index contributed by atoms with van der Waals surface area (Å²) in [5.41, 5.74) is 4.93. The largest absolute Gasteiger partial charge is 0.573 e. The van der Waals surface area contributed by atoms with Crippen LogP contribution in [0.2, 0.25) is 5.02 Å². The first-order valence-electron chi connectivity index (χ1n) is 19.0.